The number of carbonyl (C=O) groups is 1. The van der Waals surface area contributed by atoms with Crippen molar-refractivity contribution in [3.8, 4) is 5.75 Å². The monoisotopic (exact) mass is 331 g/mol. The number of carbonyl (C=O) groups excluding carboxylic acids is 1. The lowest BCUT2D eigenvalue weighted by Crippen LogP contribution is -2.40. The molecule has 0 radical (unpaired) electrons. The van der Waals surface area contributed by atoms with Gasteiger partial charge in [-0.05, 0) is 32.8 Å². The van der Waals surface area contributed by atoms with Crippen LogP contribution in [-0.4, -0.2) is 50.1 Å². The fraction of sp³-hybridized carbons (Fsp3) is 0.588. The average Bonchev–Trinajstić information content (AvgIpc) is 3.10. The van der Waals surface area contributed by atoms with E-state index >= 15 is 0 Å². The molecule has 1 amide bonds. The second-order valence-electron chi connectivity index (χ2n) is 6.45. The van der Waals surface area contributed by atoms with Crippen LogP contribution in [0.25, 0.3) is 0 Å². The molecule has 1 aliphatic rings. The van der Waals surface area contributed by atoms with Crippen LogP contribution in [0.1, 0.15) is 35.8 Å². The van der Waals surface area contributed by atoms with Crippen LogP contribution in [0.15, 0.2) is 12.3 Å². The highest BCUT2D eigenvalue weighted by atomic mass is 16.5. The van der Waals surface area contributed by atoms with Gasteiger partial charge in [-0.3, -0.25) is 14.2 Å². The van der Waals surface area contributed by atoms with E-state index in [9.17, 15) is 4.79 Å². The van der Waals surface area contributed by atoms with Gasteiger partial charge in [-0.25, -0.2) is 0 Å². The van der Waals surface area contributed by atoms with Gasteiger partial charge in [0.05, 0.1) is 5.69 Å². The maximum Gasteiger partial charge on any atom is 0.260 e. The Morgan fingerprint density at radius 1 is 1.25 bits per heavy atom. The van der Waals surface area contributed by atoms with Gasteiger partial charge in [-0.1, -0.05) is 0 Å². The van der Waals surface area contributed by atoms with Crippen molar-refractivity contribution in [2.24, 2.45) is 14.1 Å². The minimum atomic E-state index is 0.0427. The number of amides is 1. The summed E-state index contributed by atoms with van der Waals surface area (Å²) in [6, 6.07) is 2.07. The first kappa shape index (κ1) is 16.5. The number of rotatable bonds is 4. The summed E-state index contributed by atoms with van der Waals surface area (Å²) in [6.45, 7) is 5.45. The fourth-order valence-corrected chi connectivity index (χ4v) is 3.40. The Hall–Kier alpha value is -2.31. The number of hydrogen-bond donors (Lipinski definition) is 0. The number of hydrogen-bond acceptors (Lipinski definition) is 4. The molecular weight excluding hydrogens is 306 g/mol. The summed E-state index contributed by atoms with van der Waals surface area (Å²) in [4.78, 5) is 14.3. The zero-order chi connectivity index (χ0) is 17.3. The predicted molar refractivity (Wildman–Crippen MR) is 89.9 cm³/mol. The summed E-state index contributed by atoms with van der Waals surface area (Å²) in [5.41, 5.74) is 3.01. The molecule has 2 aromatic heterocycles. The summed E-state index contributed by atoms with van der Waals surface area (Å²) in [5.74, 6) is 1.24. The van der Waals surface area contributed by atoms with Gasteiger partial charge in [-0.15, -0.1) is 0 Å². The Morgan fingerprint density at radius 3 is 2.50 bits per heavy atom. The third-order valence-corrected chi connectivity index (χ3v) is 4.91. The van der Waals surface area contributed by atoms with Gasteiger partial charge in [0.2, 0.25) is 0 Å². The van der Waals surface area contributed by atoms with E-state index in [0.29, 0.717) is 5.92 Å². The lowest BCUT2D eigenvalue weighted by atomic mass is 9.93. The molecule has 7 heteroatoms. The molecule has 0 aromatic carbocycles. The fourth-order valence-electron chi connectivity index (χ4n) is 3.40. The van der Waals surface area contributed by atoms with Crippen LogP contribution in [-0.2, 0) is 18.9 Å². The van der Waals surface area contributed by atoms with E-state index in [0.717, 1.165) is 43.1 Å². The molecule has 7 nitrogen and oxygen atoms in total. The molecule has 0 saturated carbocycles. The standard InChI is InChI=1S/C17H25N5O2/c1-12-17(13(2)20(3)19-12)24-11-16(23)22-9-6-14(7-10-22)15-5-8-18-21(15)4/h5,8,14H,6-7,9-11H2,1-4H3. The Morgan fingerprint density at radius 2 is 1.96 bits per heavy atom. The highest BCUT2D eigenvalue weighted by Crippen LogP contribution is 2.27. The van der Waals surface area contributed by atoms with Crippen molar-refractivity contribution >= 4 is 5.91 Å². The number of aromatic nitrogens is 4. The molecule has 3 rings (SSSR count). The van der Waals surface area contributed by atoms with Crippen molar-refractivity contribution in [1.82, 2.24) is 24.5 Å². The number of aryl methyl sites for hydroxylation is 3. The van der Waals surface area contributed by atoms with E-state index in [4.69, 9.17) is 4.74 Å². The molecule has 0 bridgehead atoms. The first-order chi connectivity index (χ1) is 11.5. The first-order valence-electron chi connectivity index (χ1n) is 8.36. The van der Waals surface area contributed by atoms with E-state index < -0.39 is 0 Å². The summed E-state index contributed by atoms with van der Waals surface area (Å²) in [7, 11) is 3.85. The van der Waals surface area contributed by atoms with E-state index in [-0.39, 0.29) is 12.5 Å². The molecule has 1 fully saturated rings. The van der Waals surface area contributed by atoms with Crippen LogP contribution in [0, 0.1) is 13.8 Å². The second-order valence-corrected chi connectivity index (χ2v) is 6.45. The number of ether oxygens (including phenoxy) is 1. The highest BCUT2D eigenvalue weighted by molar-refractivity contribution is 5.78. The van der Waals surface area contributed by atoms with Crippen molar-refractivity contribution in [3.63, 3.8) is 0 Å². The van der Waals surface area contributed by atoms with Gasteiger partial charge in [0.1, 0.15) is 5.69 Å². The number of nitrogens with zero attached hydrogens (tertiary/aromatic N) is 5. The zero-order valence-corrected chi connectivity index (χ0v) is 14.8. The molecule has 0 spiro atoms. The maximum atomic E-state index is 12.4. The maximum absolute atomic E-state index is 12.4. The van der Waals surface area contributed by atoms with Crippen molar-refractivity contribution in [2.45, 2.75) is 32.6 Å². The Bertz CT molecular complexity index is 725. The molecule has 1 saturated heterocycles. The largest absolute Gasteiger partial charge is 0.480 e. The molecule has 1 aliphatic heterocycles. The number of likely N-dealkylation sites (tertiary alicyclic amines) is 1. The molecule has 0 N–H and O–H groups in total. The van der Waals surface area contributed by atoms with Crippen molar-refractivity contribution < 1.29 is 9.53 Å². The third-order valence-electron chi connectivity index (χ3n) is 4.91. The lowest BCUT2D eigenvalue weighted by Gasteiger charge is -2.32. The lowest BCUT2D eigenvalue weighted by molar-refractivity contribution is -0.134. The van der Waals surface area contributed by atoms with Crippen molar-refractivity contribution in [3.05, 3.63) is 29.3 Å². The van der Waals surface area contributed by atoms with Crippen LogP contribution in [0.5, 0.6) is 5.75 Å². The minimum absolute atomic E-state index is 0.0427. The molecule has 24 heavy (non-hydrogen) atoms. The topological polar surface area (TPSA) is 65.2 Å². The van der Waals surface area contributed by atoms with Gasteiger partial charge >= 0.3 is 0 Å². The second kappa shape index (κ2) is 6.67. The normalized spacial score (nSPS) is 15.8. The van der Waals surface area contributed by atoms with Gasteiger partial charge in [0.15, 0.2) is 12.4 Å². The molecular formula is C17H25N5O2. The van der Waals surface area contributed by atoms with Crippen molar-refractivity contribution in [1.29, 1.82) is 0 Å². The summed E-state index contributed by atoms with van der Waals surface area (Å²) >= 11 is 0. The van der Waals surface area contributed by atoms with E-state index in [1.54, 1.807) is 4.68 Å². The third kappa shape index (κ3) is 3.16. The summed E-state index contributed by atoms with van der Waals surface area (Å²) in [6.07, 6.45) is 3.77. The van der Waals surface area contributed by atoms with Crippen LogP contribution in [0.2, 0.25) is 0 Å². The molecule has 3 heterocycles. The summed E-state index contributed by atoms with van der Waals surface area (Å²) in [5, 5.41) is 8.54. The first-order valence-corrected chi connectivity index (χ1v) is 8.36. The smallest absolute Gasteiger partial charge is 0.260 e. The molecule has 130 valence electrons. The zero-order valence-electron chi connectivity index (χ0n) is 14.8. The molecule has 0 unspecified atom stereocenters. The molecule has 2 aromatic rings. The number of piperidine rings is 1. The van der Waals surface area contributed by atoms with Gasteiger partial charge in [-0.2, -0.15) is 10.2 Å². The van der Waals surface area contributed by atoms with Gasteiger partial charge < -0.3 is 9.64 Å². The molecule has 0 atom stereocenters. The Labute approximate surface area is 142 Å². The predicted octanol–water partition coefficient (Wildman–Crippen LogP) is 1.56. The van der Waals surface area contributed by atoms with E-state index in [1.165, 1.54) is 5.69 Å². The van der Waals surface area contributed by atoms with Crippen LogP contribution in [0.4, 0.5) is 0 Å². The van der Waals surface area contributed by atoms with E-state index in [2.05, 4.69) is 16.3 Å². The van der Waals surface area contributed by atoms with E-state index in [1.807, 2.05) is 43.7 Å². The quantitative estimate of drug-likeness (QED) is 0.853. The average molecular weight is 331 g/mol. The molecule has 0 aliphatic carbocycles. The van der Waals surface area contributed by atoms with Gasteiger partial charge in [0, 0.05) is 45.0 Å². The Kier molecular flexibility index (Phi) is 4.59. The highest BCUT2D eigenvalue weighted by Gasteiger charge is 2.26. The summed E-state index contributed by atoms with van der Waals surface area (Å²) < 4.78 is 9.44. The SMILES string of the molecule is Cc1nn(C)c(C)c1OCC(=O)N1CCC(c2ccnn2C)CC1. The van der Waals surface area contributed by atoms with Crippen molar-refractivity contribution in [2.75, 3.05) is 19.7 Å². The van der Waals surface area contributed by atoms with Crippen LogP contribution >= 0.6 is 0 Å². The van der Waals surface area contributed by atoms with Crippen LogP contribution < -0.4 is 4.74 Å². The van der Waals surface area contributed by atoms with Crippen LogP contribution in [0.3, 0.4) is 0 Å². The minimum Gasteiger partial charge on any atom is -0.480 e. The van der Waals surface area contributed by atoms with Gasteiger partial charge in [0.25, 0.3) is 5.91 Å². The Balaban J connectivity index is 1.53.